The summed E-state index contributed by atoms with van der Waals surface area (Å²) in [6.07, 6.45) is 4.25. The van der Waals surface area contributed by atoms with Crippen LogP contribution in [0.5, 0.6) is 0 Å². The second kappa shape index (κ2) is 7.27. The van der Waals surface area contributed by atoms with Gasteiger partial charge in [-0.05, 0) is 43.4 Å². The first-order valence-corrected chi connectivity index (χ1v) is 9.67. The number of nitrogens with two attached hydrogens (primary N) is 1. The van der Waals surface area contributed by atoms with E-state index in [0.717, 1.165) is 48.9 Å². The molecule has 3 N–H and O–H groups in total. The Morgan fingerprint density at radius 1 is 1.27 bits per heavy atom. The van der Waals surface area contributed by atoms with Crippen molar-refractivity contribution in [2.45, 2.75) is 56.3 Å². The van der Waals surface area contributed by atoms with Crippen LogP contribution >= 0.6 is 11.6 Å². The van der Waals surface area contributed by atoms with Crippen molar-refractivity contribution in [1.82, 2.24) is 20.1 Å². The summed E-state index contributed by atoms with van der Waals surface area (Å²) < 4.78 is 7.50. The highest BCUT2D eigenvalue weighted by Crippen LogP contribution is 2.46. The Kier molecular flexibility index (Phi) is 5.01. The summed E-state index contributed by atoms with van der Waals surface area (Å²) >= 11 is 6.02. The van der Waals surface area contributed by atoms with Crippen LogP contribution < -0.4 is 11.1 Å². The van der Waals surface area contributed by atoms with Gasteiger partial charge in [-0.1, -0.05) is 23.7 Å². The van der Waals surface area contributed by atoms with Gasteiger partial charge in [0.15, 0.2) is 0 Å². The van der Waals surface area contributed by atoms with Gasteiger partial charge in [0.25, 0.3) is 0 Å². The minimum absolute atomic E-state index is 0.0433. The first kappa shape index (κ1) is 17.9. The molecular formula is C19H26ClN5O. The molecule has 6 nitrogen and oxygen atoms in total. The molecule has 1 aromatic carbocycles. The Morgan fingerprint density at radius 3 is 2.62 bits per heavy atom. The highest BCUT2D eigenvalue weighted by atomic mass is 35.5. The van der Waals surface area contributed by atoms with Gasteiger partial charge >= 0.3 is 0 Å². The van der Waals surface area contributed by atoms with Gasteiger partial charge in [0, 0.05) is 36.2 Å². The molecule has 0 aliphatic heterocycles. The molecule has 0 spiro atoms. The monoisotopic (exact) mass is 375 g/mol. The van der Waals surface area contributed by atoms with Crippen LogP contribution in [0.3, 0.4) is 0 Å². The smallest absolute Gasteiger partial charge is 0.147 e. The average Bonchev–Trinajstić information content (AvgIpc) is 3.30. The molecule has 140 valence electrons. The zero-order valence-corrected chi connectivity index (χ0v) is 15.9. The number of hydrogen-bond acceptors (Lipinski definition) is 5. The van der Waals surface area contributed by atoms with Crippen LogP contribution in [0.1, 0.15) is 48.8 Å². The molecule has 0 saturated heterocycles. The lowest BCUT2D eigenvalue weighted by atomic mass is 9.80. The maximum Gasteiger partial charge on any atom is 0.147 e. The first-order chi connectivity index (χ1) is 12.6. The van der Waals surface area contributed by atoms with Crippen molar-refractivity contribution in [3.63, 3.8) is 0 Å². The summed E-state index contributed by atoms with van der Waals surface area (Å²) in [5.41, 5.74) is 7.29. The maximum atomic E-state index is 6.02. The second-order valence-corrected chi connectivity index (χ2v) is 7.93. The lowest BCUT2D eigenvalue weighted by Gasteiger charge is -2.31. The van der Waals surface area contributed by atoms with E-state index in [1.54, 1.807) is 7.11 Å². The maximum absolute atomic E-state index is 6.02. The van der Waals surface area contributed by atoms with E-state index < -0.39 is 0 Å². The van der Waals surface area contributed by atoms with Gasteiger partial charge in [0.2, 0.25) is 0 Å². The van der Waals surface area contributed by atoms with E-state index in [0.29, 0.717) is 25.1 Å². The van der Waals surface area contributed by atoms with Crippen molar-refractivity contribution >= 4 is 11.6 Å². The first-order valence-electron chi connectivity index (χ1n) is 9.29. The van der Waals surface area contributed by atoms with Gasteiger partial charge in [-0.25, -0.2) is 0 Å². The summed E-state index contributed by atoms with van der Waals surface area (Å²) in [7, 11) is 1.72. The Bertz CT molecular complexity index is 750. The fourth-order valence-corrected chi connectivity index (χ4v) is 3.92. The van der Waals surface area contributed by atoms with Crippen LogP contribution in [0.25, 0.3) is 0 Å². The predicted octanol–water partition coefficient (Wildman–Crippen LogP) is 2.56. The van der Waals surface area contributed by atoms with Gasteiger partial charge in [-0.2, -0.15) is 0 Å². The number of rotatable bonds is 8. The highest BCUT2D eigenvalue weighted by Gasteiger charge is 2.44. The fraction of sp³-hybridized carbons (Fsp3) is 0.579. The molecule has 2 aliphatic rings. The molecule has 26 heavy (non-hydrogen) atoms. The normalized spacial score (nSPS) is 23.7. The molecule has 2 aliphatic carbocycles. The predicted molar refractivity (Wildman–Crippen MR) is 101 cm³/mol. The standard InChI is InChI=1S/C19H26ClN5O/c1-26-9-8-25-17(23-24-18(25)13-10-16(21)11-13)12-22-19(6-7-19)14-2-4-15(20)5-3-14/h2-5,13,16,22H,6-12,21H2,1H3. The molecule has 1 heterocycles. The van der Waals surface area contributed by atoms with Crippen molar-refractivity contribution < 1.29 is 4.74 Å². The molecule has 1 aromatic heterocycles. The van der Waals surface area contributed by atoms with Gasteiger partial charge in [0.05, 0.1) is 13.2 Å². The Balaban J connectivity index is 1.48. The Labute approximate surface area is 159 Å². The molecule has 0 amide bonds. The Hall–Kier alpha value is -1.47. The topological polar surface area (TPSA) is 78.0 Å². The van der Waals surface area contributed by atoms with Gasteiger partial charge < -0.3 is 20.4 Å². The number of nitrogens with one attached hydrogen (secondary N) is 1. The van der Waals surface area contributed by atoms with Crippen LogP contribution in [0, 0.1) is 0 Å². The SMILES string of the molecule is COCCn1c(CNC2(c3ccc(Cl)cc3)CC2)nnc1C1CC(N)C1. The number of nitrogens with zero attached hydrogens (tertiary/aromatic N) is 3. The molecule has 2 aromatic rings. The van der Waals surface area contributed by atoms with Crippen LogP contribution in [0.15, 0.2) is 24.3 Å². The molecule has 7 heteroatoms. The van der Waals surface area contributed by atoms with E-state index in [-0.39, 0.29) is 5.54 Å². The third-order valence-electron chi connectivity index (χ3n) is 5.65. The lowest BCUT2D eigenvalue weighted by Crippen LogP contribution is -2.36. The van der Waals surface area contributed by atoms with Crippen molar-refractivity contribution in [3.8, 4) is 0 Å². The minimum Gasteiger partial charge on any atom is -0.383 e. The molecule has 4 rings (SSSR count). The zero-order valence-electron chi connectivity index (χ0n) is 15.1. The molecule has 0 atom stereocenters. The van der Waals surface area contributed by atoms with Gasteiger partial charge in [0.1, 0.15) is 11.6 Å². The number of ether oxygens (including phenoxy) is 1. The van der Waals surface area contributed by atoms with E-state index >= 15 is 0 Å². The number of methoxy groups -OCH3 is 1. The zero-order chi connectivity index (χ0) is 18.1. The van der Waals surface area contributed by atoms with Crippen molar-refractivity contribution in [2.24, 2.45) is 5.73 Å². The van der Waals surface area contributed by atoms with Crippen molar-refractivity contribution in [2.75, 3.05) is 13.7 Å². The van der Waals surface area contributed by atoms with Crippen LogP contribution in [0.4, 0.5) is 0 Å². The Morgan fingerprint density at radius 2 is 2.00 bits per heavy atom. The minimum atomic E-state index is 0.0433. The van der Waals surface area contributed by atoms with E-state index in [2.05, 4.69) is 32.2 Å². The third kappa shape index (κ3) is 3.51. The van der Waals surface area contributed by atoms with Gasteiger partial charge in [-0.3, -0.25) is 0 Å². The molecule has 2 fully saturated rings. The van der Waals surface area contributed by atoms with E-state index in [9.17, 15) is 0 Å². The number of benzene rings is 1. The summed E-state index contributed by atoms with van der Waals surface area (Å²) in [5.74, 6) is 2.45. The van der Waals surface area contributed by atoms with E-state index in [1.165, 1.54) is 5.56 Å². The number of aromatic nitrogens is 3. The number of halogens is 1. The van der Waals surface area contributed by atoms with Crippen LogP contribution in [-0.4, -0.2) is 34.5 Å². The molecule has 0 unspecified atom stereocenters. The van der Waals surface area contributed by atoms with Crippen LogP contribution in [0.2, 0.25) is 5.02 Å². The number of hydrogen-bond donors (Lipinski definition) is 2. The van der Waals surface area contributed by atoms with Gasteiger partial charge in [-0.15, -0.1) is 10.2 Å². The molecular weight excluding hydrogens is 350 g/mol. The van der Waals surface area contributed by atoms with Crippen LogP contribution in [-0.2, 0) is 23.4 Å². The quantitative estimate of drug-likeness (QED) is 0.741. The summed E-state index contributed by atoms with van der Waals surface area (Å²) in [4.78, 5) is 0. The summed E-state index contributed by atoms with van der Waals surface area (Å²) in [5, 5.41) is 13.4. The largest absolute Gasteiger partial charge is 0.383 e. The molecule has 2 saturated carbocycles. The summed E-state index contributed by atoms with van der Waals surface area (Å²) in [6.45, 7) is 2.12. The van der Waals surface area contributed by atoms with Crippen molar-refractivity contribution in [3.05, 3.63) is 46.5 Å². The highest BCUT2D eigenvalue weighted by molar-refractivity contribution is 6.30. The van der Waals surface area contributed by atoms with E-state index in [1.807, 2.05) is 12.1 Å². The molecule has 0 radical (unpaired) electrons. The van der Waals surface area contributed by atoms with E-state index in [4.69, 9.17) is 22.1 Å². The lowest BCUT2D eigenvalue weighted by molar-refractivity contribution is 0.183. The van der Waals surface area contributed by atoms with Crippen molar-refractivity contribution in [1.29, 1.82) is 0 Å². The summed E-state index contributed by atoms with van der Waals surface area (Å²) in [6, 6.07) is 8.43. The third-order valence-corrected chi connectivity index (χ3v) is 5.90. The fourth-order valence-electron chi connectivity index (χ4n) is 3.79. The average molecular weight is 376 g/mol. The molecule has 0 bridgehead atoms. The second-order valence-electron chi connectivity index (χ2n) is 7.49.